The van der Waals surface area contributed by atoms with Crippen molar-refractivity contribution in [2.45, 2.75) is 75.9 Å². The van der Waals surface area contributed by atoms with Crippen LogP contribution in [0.1, 0.15) is 81.0 Å². The Morgan fingerprint density at radius 1 is 0.969 bits per heavy atom. The molecule has 2 aliphatic heterocycles. The van der Waals surface area contributed by atoms with Gasteiger partial charge in [-0.25, -0.2) is 0 Å². The van der Waals surface area contributed by atoms with E-state index >= 15 is 0 Å². The Morgan fingerprint density at radius 2 is 1.72 bits per heavy atom. The molecule has 1 amide bonds. The molecule has 1 aromatic carbocycles. The molecule has 32 heavy (non-hydrogen) atoms. The van der Waals surface area contributed by atoms with Crippen LogP contribution in [-0.2, 0) is 4.79 Å². The fourth-order valence-electron chi connectivity index (χ4n) is 6.71. The van der Waals surface area contributed by atoms with Gasteiger partial charge < -0.3 is 5.32 Å². The first-order valence-electron chi connectivity index (χ1n) is 12.6. The predicted octanol–water partition coefficient (Wildman–Crippen LogP) is 3.76. The van der Waals surface area contributed by atoms with Crippen molar-refractivity contribution in [1.29, 1.82) is 0 Å². The molecule has 2 atom stereocenters. The minimum absolute atomic E-state index is 0.105. The third-order valence-corrected chi connectivity index (χ3v) is 8.36. The van der Waals surface area contributed by atoms with Crippen LogP contribution in [0.25, 0.3) is 11.6 Å². The fourth-order valence-corrected chi connectivity index (χ4v) is 6.71. The van der Waals surface area contributed by atoms with Crippen molar-refractivity contribution in [1.82, 2.24) is 15.2 Å². The topological polar surface area (TPSA) is 45.2 Å². The number of fused-ring (bicyclic) bond motifs is 6. The molecule has 0 spiro atoms. The third kappa shape index (κ3) is 3.59. The van der Waals surface area contributed by atoms with E-state index in [0.29, 0.717) is 18.1 Å². The second-order valence-electron chi connectivity index (χ2n) is 10.1. The van der Waals surface area contributed by atoms with Gasteiger partial charge >= 0.3 is 0 Å². The molecule has 4 heteroatoms. The summed E-state index contributed by atoms with van der Waals surface area (Å²) >= 11 is 0. The lowest BCUT2D eigenvalue weighted by atomic mass is 9.83. The maximum Gasteiger partial charge on any atom is 0.249 e. The first-order chi connectivity index (χ1) is 15.8. The van der Waals surface area contributed by atoms with Crippen LogP contribution in [-0.4, -0.2) is 28.4 Å². The number of carbonyl (C=O) groups is 1. The summed E-state index contributed by atoms with van der Waals surface area (Å²) in [6.07, 6.45) is 14.4. The highest BCUT2D eigenvalue weighted by molar-refractivity contribution is 6.13. The zero-order valence-corrected chi connectivity index (χ0v) is 18.8. The highest BCUT2D eigenvalue weighted by Crippen LogP contribution is 2.53. The highest BCUT2D eigenvalue weighted by Gasteiger charge is 2.43. The van der Waals surface area contributed by atoms with Gasteiger partial charge in [0, 0.05) is 29.9 Å². The lowest BCUT2D eigenvalue weighted by Gasteiger charge is -2.31. The fraction of sp³-hybridized carbons (Fsp3) is 0.500. The van der Waals surface area contributed by atoms with E-state index in [9.17, 15) is 4.79 Å². The van der Waals surface area contributed by atoms with Crippen LogP contribution in [0.2, 0.25) is 0 Å². The van der Waals surface area contributed by atoms with E-state index in [0.717, 1.165) is 47.7 Å². The van der Waals surface area contributed by atoms with E-state index in [4.69, 9.17) is 0 Å². The molecular formula is C28H33N3O. The number of rotatable bonds is 5. The molecule has 2 aliphatic carbocycles. The van der Waals surface area contributed by atoms with Crippen molar-refractivity contribution in [3.05, 3.63) is 64.3 Å². The zero-order valence-electron chi connectivity index (χ0n) is 18.8. The quantitative estimate of drug-likeness (QED) is 0.790. The van der Waals surface area contributed by atoms with Gasteiger partial charge in [0.05, 0.1) is 5.35 Å². The molecule has 2 bridgehead atoms. The van der Waals surface area contributed by atoms with Crippen molar-refractivity contribution in [3.8, 4) is 0 Å². The minimum atomic E-state index is 0.105. The summed E-state index contributed by atoms with van der Waals surface area (Å²) in [7, 11) is 0. The van der Waals surface area contributed by atoms with Gasteiger partial charge in [0.1, 0.15) is 0 Å². The molecule has 6 rings (SSSR count). The van der Waals surface area contributed by atoms with Crippen LogP contribution in [0.3, 0.4) is 0 Å². The molecule has 2 unspecified atom stereocenters. The highest BCUT2D eigenvalue weighted by atomic mass is 16.1. The average Bonchev–Trinajstić information content (AvgIpc) is 3.39. The van der Waals surface area contributed by atoms with E-state index in [1.54, 1.807) is 17.3 Å². The van der Waals surface area contributed by atoms with Crippen LogP contribution in [0, 0.1) is 5.92 Å². The largest absolute Gasteiger partial charge is 0.350 e. The molecule has 1 saturated carbocycles. The van der Waals surface area contributed by atoms with Crippen molar-refractivity contribution < 1.29 is 4.79 Å². The third-order valence-electron chi connectivity index (χ3n) is 8.36. The normalized spacial score (nSPS) is 28.7. The molecule has 1 aromatic heterocycles. The lowest BCUT2D eigenvalue weighted by Crippen LogP contribution is -2.43. The SMILES string of the molecule is O=C(NC1CCC(CCN2C3CCC2c2ccccc23)CC1)C1=c2ncccc2=CCC1. The Kier molecular flexibility index (Phi) is 5.34. The Bertz CT molecular complexity index is 1100. The number of hydrogen-bond donors (Lipinski definition) is 1. The average molecular weight is 428 g/mol. The van der Waals surface area contributed by atoms with Crippen LogP contribution in [0.4, 0.5) is 0 Å². The summed E-state index contributed by atoms with van der Waals surface area (Å²) in [5.74, 6) is 0.901. The minimum Gasteiger partial charge on any atom is -0.350 e. The number of aromatic nitrogens is 1. The zero-order chi connectivity index (χ0) is 21.5. The monoisotopic (exact) mass is 427 g/mol. The number of carbonyl (C=O) groups excluding carboxylic acids is 1. The van der Waals surface area contributed by atoms with Crippen LogP contribution in [0.15, 0.2) is 42.6 Å². The first-order valence-corrected chi connectivity index (χ1v) is 12.6. The number of nitrogens with zero attached hydrogens (tertiary/aromatic N) is 2. The van der Waals surface area contributed by atoms with Crippen molar-refractivity contribution >= 4 is 17.6 Å². The number of nitrogens with one attached hydrogen (secondary N) is 1. The molecule has 4 nitrogen and oxygen atoms in total. The van der Waals surface area contributed by atoms with Gasteiger partial charge in [-0.3, -0.25) is 14.7 Å². The van der Waals surface area contributed by atoms with Gasteiger partial charge in [0.2, 0.25) is 5.91 Å². The second kappa shape index (κ2) is 8.47. The second-order valence-corrected chi connectivity index (χ2v) is 10.1. The number of benzene rings is 1. The number of pyridine rings is 1. The number of amides is 1. The van der Waals surface area contributed by atoms with E-state index in [1.807, 2.05) is 6.07 Å². The van der Waals surface area contributed by atoms with Gasteiger partial charge in [-0.1, -0.05) is 36.4 Å². The summed E-state index contributed by atoms with van der Waals surface area (Å²) < 4.78 is 0. The molecule has 166 valence electrons. The number of hydrogen-bond acceptors (Lipinski definition) is 3. The van der Waals surface area contributed by atoms with Crippen molar-refractivity contribution in [2.24, 2.45) is 5.92 Å². The summed E-state index contributed by atoms with van der Waals surface area (Å²) in [4.78, 5) is 20.3. The summed E-state index contributed by atoms with van der Waals surface area (Å²) in [5, 5.41) is 5.33. The smallest absolute Gasteiger partial charge is 0.249 e. The molecule has 3 heterocycles. The Balaban J connectivity index is 1.02. The van der Waals surface area contributed by atoms with Gasteiger partial charge in [-0.15, -0.1) is 0 Å². The lowest BCUT2D eigenvalue weighted by molar-refractivity contribution is -0.116. The van der Waals surface area contributed by atoms with Gasteiger partial charge in [-0.05, 0) is 92.7 Å². The molecular weight excluding hydrogens is 394 g/mol. The Morgan fingerprint density at radius 3 is 2.47 bits per heavy atom. The van der Waals surface area contributed by atoms with Crippen LogP contribution >= 0.6 is 0 Å². The van der Waals surface area contributed by atoms with Gasteiger partial charge in [-0.2, -0.15) is 0 Å². The Labute approximate surface area is 190 Å². The van der Waals surface area contributed by atoms with Gasteiger partial charge in [0.25, 0.3) is 0 Å². The van der Waals surface area contributed by atoms with Crippen molar-refractivity contribution in [3.63, 3.8) is 0 Å². The summed E-state index contributed by atoms with van der Waals surface area (Å²) in [6.45, 7) is 1.22. The maximum atomic E-state index is 13.0. The van der Waals surface area contributed by atoms with Crippen LogP contribution in [0.5, 0.6) is 0 Å². The molecule has 0 radical (unpaired) electrons. The molecule has 4 aliphatic rings. The van der Waals surface area contributed by atoms with E-state index in [2.05, 4.69) is 51.6 Å². The first kappa shape index (κ1) is 20.2. The maximum absolute atomic E-state index is 13.0. The van der Waals surface area contributed by atoms with E-state index in [-0.39, 0.29) is 5.91 Å². The predicted molar refractivity (Wildman–Crippen MR) is 127 cm³/mol. The molecule has 1 saturated heterocycles. The molecule has 2 fully saturated rings. The van der Waals surface area contributed by atoms with E-state index in [1.165, 1.54) is 38.6 Å². The van der Waals surface area contributed by atoms with Crippen molar-refractivity contribution in [2.75, 3.05) is 6.54 Å². The van der Waals surface area contributed by atoms with Gasteiger partial charge in [0.15, 0.2) is 0 Å². The van der Waals surface area contributed by atoms with Crippen LogP contribution < -0.4 is 15.9 Å². The van der Waals surface area contributed by atoms with E-state index < -0.39 is 0 Å². The standard InChI is InChI=1S/C28H33N3O/c32-28(24-9-3-5-20-6-4-17-29-27(20)24)30-21-12-10-19(11-13-21)16-18-31-25-14-15-26(31)23-8-2-1-7-22(23)25/h1-2,4-8,17,19,21,25-26H,3,9-16,18H2,(H,30,32). The summed E-state index contributed by atoms with van der Waals surface area (Å²) in [6, 6.07) is 14.7. The molecule has 1 N–H and O–H groups in total. The Hall–Kier alpha value is -2.46. The summed E-state index contributed by atoms with van der Waals surface area (Å²) in [5.41, 5.74) is 4.04. The molecule has 2 aromatic rings.